The van der Waals surface area contributed by atoms with Crippen LogP contribution in [0.25, 0.3) is 0 Å². The van der Waals surface area contributed by atoms with Gasteiger partial charge in [0.2, 0.25) is 21.8 Å². The summed E-state index contributed by atoms with van der Waals surface area (Å²) >= 11 is 1.94. The number of aliphatic carboxylic acids is 1. The van der Waals surface area contributed by atoms with Crippen molar-refractivity contribution in [3.8, 4) is 11.5 Å². The number of aromatic amines is 1. The number of imide groups is 1. The Morgan fingerprint density at radius 1 is 1.07 bits per heavy atom. The van der Waals surface area contributed by atoms with Crippen LogP contribution in [0.2, 0.25) is 0 Å². The number of primary sulfonamides is 1. The number of benzene rings is 2. The molecule has 17 heteroatoms. The first kappa shape index (κ1) is 30.3. The van der Waals surface area contributed by atoms with Crippen LogP contribution >= 0.6 is 23.1 Å². The van der Waals surface area contributed by atoms with Gasteiger partial charge in [0.05, 0.1) is 22.4 Å². The summed E-state index contributed by atoms with van der Waals surface area (Å²) < 4.78 is 34.3. The number of thiazole rings is 1. The van der Waals surface area contributed by atoms with E-state index in [1.165, 1.54) is 30.3 Å². The van der Waals surface area contributed by atoms with Crippen molar-refractivity contribution in [1.29, 1.82) is 0 Å². The monoisotopic (exact) mass is 648 g/mol. The van der Waals surface area contributed by atoms with Crippen LogP contribution < -0.4 is 24.8 Å². The lowest BCUT2D eigenvalue weighted by Gasteiger charge is -2.30. The Labute approximate surface area is 252 Å². The molecular formula is C26H24N4O10S3. The predicted molar refractivity (Wildman–Crippen MR) is 154 cm³/mol. The van der Waals surface area contributed by atoms with E-state index in [0.29, 0.717) is 21.2 Å². The van der Waals surface area contributed by atoms with Crippen LogP contribution in [-0.2, 0) is 29.2 Å². The third-order valence-electron chi connectivity index (χ3n) is 6.66. The fourth-order valence-corrected chi connectivity index (χ4v) is 7.95. The lowest BCUT2D eigenvalue weighted by atomic mass is 9.83. The largest absolute Gasteiger partial charge is 0.490 e. The quantitative estimate of drug-likeness (QED) is 0.229. The zero-order valence-corrected chi connectivity index (χ0v) is 24.7. The van der Waals surface area contributed by atoms with Crippen molar-refractivity contribution in [2.45, 2.75) is 28.0 Å². The molecule has 43 heavy (non-hydrogen) atoms. The molecule has 0 bridgehead atoms. The summed E-state index contributed by atoms with van der Waals surface area (Å²) in [5.41, 5.74) is 0.848. The molecule has 3 atom stereocenters. The van der Waals surface area contributed by atoms with Crippen molar-refractivity contribution >= 4 is 62.5 Å². The van der Waals surface area contributed by atoms with Gasteiger partial charge in [-0.05, 0) is 48.9 Å². The summed E-state index contributed by atoms with van der Waals surface area (Å²) in [5.74, 6) is -4.42. The van der Waals surface area contributed by atoms with Crippen molar-refractivity contribution in [1.82, 2.24) is 9.88 Å². The van der Waals surface area contributed by atoms with E-state index in [9.17, 15) is 37.5 Å². The molecule has 0 aliphatic carbocycles. The number of amides is 3. The number of carbonyl (C=O) groups excluding carboxylic acids is 3. The lowest BCUT2D eigenvalue weighted by molar-refractivity contribution is -0.149. The highest BCUT2D eigenvalue weighted by molar-refractivity contribution is 8.00. The van der Waals surface area contributed by atoms with E-state index in [1.54, 1.807) is 19.1 Å². The van der Waals surface area contributed by atoms with Gasteiger partial charge in [-0.15, -0.1) is 0 Å². The van der Waals surface area contributed by atoms with E-state index in [0.717, 1.165) is 28.0 Å². The highest BCUT2D eigenvalue weighted by Crippen LogP contribution is 2.53. The third kappa shape index (κ3) is 6.15. The molecule has 226 valence electrons. The van der Waals surface area contributed by atoms with Crippen molar-refractivity contribution in [2.24, 2.45) is 11.1 Å². The number of hydrogen-bond acceptors (Lipinski definition) is 11. The number of nitrogens with two attached hydrogens (primary N) is 1. The number of carboxylic acids is 1. The topological polar surface area (TPSA) is 215 Å². The van der Waals surface area contributed by atoms with Gasteiger partial charge in [0.25, 0.3) is 5.91 Å². The number of nitrogens with one attached hydrogen (secondary N) is 2. The molecular weight excluding hydrogens is 625 g/mol. The Balaban J connectivity index is 1.39. The molecule has 5 rings (SSSR count). The highest BCUT2D eigenvalue weighted by atomic mass is 32.2. The molecule has 2 aliphatic heterocycles. The fourth-order valence-electron chi connectivity index (χ4n) is 4.90. The number of nitrogens with zero attached hydrogens (tertiary/aromatic N) is 1. The number of sulfonamides is 1. The number of carbonyl (C=O) groups is 4. The molecule has 1 saturated heterocycles. The molecule has 3 heterocycles. The number of hydrogen-bond donors (Lipinski definition) is 4. The minimum absolute atomic E-state index is 0.108. The Morgan fingerprint density at radius 2 is 1.79 bits per heavy atom. The summed E-state index contributed by atoms with van der Waals surface area (Å²) in [5, 5.41) is 16.4. The molecule has 1 aromatic heterocycles. The van der Waals surface area contributed by atoms with Gasteiger partial charge in [0, 0.05) is 16.5 Å². The summed E-state index contributed by atoms with van der Waals surface area (Å²) in [6.07, 6.45) is 0. The van der Waals surface area contributed by atoms with Gasteiger partial charge in [-0.2, -0.15) is 0 Å². The Morgan fingerprint density at radius 3 is 2.44 bits per heavy atom. The molecule has 0 spiro atoms. The van der Waals surface area contributed by atoms with Crippen LogP contribution in [-0.4, -0.2) is 72.1 Å². The number of rotatable bonds is 10. The fraction of sp³-hybridized carbons (Fsp3) is 0.269. The van der Waals surface area contributed by atoms with Gasteiger partial charge in [-0.1, -0.05) is 29.2 Å². The van der Waals surface area contributed by atoms with E-state index in [1.807, 2.05) is 0 Å². The molecule has 0 saturated carbocycles. The van der Waals surface area contributed by atoms with Gasteiger partial charge in [0.1, 0.15) is 11.8 Å². The summed E-state index contributed by atoms with van der Waals surface area (Å²) in [4.78, 5) is 66.1. The predicted octanol–water partition coefficient (Wildman–Crippen LogP) is 1.18. The standard InChI is InChI=1S/C26H24N4O10S3/c1-2-39-16-9-12(3-8-15(16)40-11-17(31)28-13-4-6-14(7-5-13)43(27,37)38)19-20-22(41-23-21(19)42-26(36)29-23)25(35)30(24(20)34)10-18(32)33/h3-9,19-20,22H,2,10-11H2,1H3,(H,28,31)(H,29,36)(H,32,33)(H2,27,37,38)/t19-,20+,22-/m0/s1. The van der Waals surface area contributed by atoms with Gasteiger partial charge in [0.15, 0.2) is 18.1 Å². The maximum Gasteiger partial charge on any atom is 0.323 e. The van der Waals surface area contributed by atoms with Crippen LogP contribution in [0.15, 0.2) is 57.2 Å². The van der Waals surface area contributed by atoms with Crippen LogP contribution in [0.3, 0.4) is 0 Å². The van der Waals surface area contributed by atoms with E-state index in [2.05, 4.69) is 10.3 Å². The lowest BCUT2D eigenvalue weighted by Crippen LogP contribution is -2.36. The van der Waals surface area contributed by atoms with Crippen LogP contribution in [0.1, 0.15) is 23.3 Å². The number of carboxylic acid groups (broad SMARTS) is 1. The maximum absolute atomic E-state index is 13.4. The second kappa shape index (κ2) is 11.8. The van der Waals surface area contributed by atoms with Crippen molar-refractivity contribution in [2.75, 3.05) is 25.1 Å². The number of aromatic nitrogens is 1. The number of H-pyrrole nitrogens is 1. The first-order valence-electron chi connectivity index (χ1n) is 12.7. The minimum Gasteiger partial charge on any atom is -0.490 e. The number of likely N-dealkylation sites (tertiary alicyclic amines) is 1. The molecule has 0 unspecified atom stereocenters. The Hall–Kier alpha value is -4.19. The van der Waals surface area contributed by atoms with Crippen molar-refractivity contribution in [3.63, 3.8) is 0 Å². The van der Waals surface area contributed by atoms with Gasteiger partial charge >= 0.3 is 10.8 Å². The average molecular weight is 649 g/mol. The van der Waals surface area contributed by atoms with Crippen LogP contribution in [0.5, 0.6) is 11.5 Å². The Kier molecular flexibility index (Phi) is 8.33. The highest BCUT2D eigenvalue weighted by Gasteiger charge is 2.56. The van der Waals surface area contributed by atoms with Crippen LogP contribution in [0.4, 0.5) is 5.69 Å². The van der Waals surface area contributed by atoms with Gasteiger partial charge in [-0.3, -0.25) is 28.9 Å². The summed E-state index contributed by atoms with van der Waals surface area (Å²) in [6, 6.07) is 10.0. The molecule has 3 amide bonds. The zero-order valence-electron chi connectivity index (χ0n) is 22.3. The molecule has 0 radical (unpaired) electrons. The molecule has 14 nitrogen and oxygen atoms in total. The maximum atomic E-state index is 13.4. The van der Waals surface area contributed by atoms with Crippen LogP contribution in [0, 0.1) is 5.92 Å². The van der Waals surface area contributed by atoms with Gasteiger partial charge < -0.3 is 24.9 Å². The number of thioether (sulfide) groups is 1. The molecule has 3 aromatic rings. The zero-order chi connectivity index (χ0) is 31.1. The number of fused-ring (bicyclic) bond motifs is 2. The first-order chi connectivity index (χ1) is 20.4. The molecule has 2 aromatic carbocycles. The molecule has 5 N–H and O–H groups in total. The SMILES string of the molecule is CCOc1cc([C@@H]2c3sc(=O)[nH]c3S[C@@H]3C(=O)N(CC(=O)O)C(=O)[C@H]23)ccc1OCC(=O)Nc1ccc(S(N)(=O)=O)cc1. The Bertz CT molecular complexity index is 1780. The summed E-state index contributed by atoms with van der Waals surface area (Å²) in [6.45, 7) is 0.765. The van der Waals surface area contributed by atoms with E-state index in [4.69, 9.17) is 14.6 Å². The second-order valence-electron chi connectivity index (χ2n) is 9.45. The smallest absolute Gasteiger partial charge is 0.323 e. The number of anilines is 1. The van der Waals surface area contributed by atoms with Gasteiger partial charge in [-0.25, -0.2) is 13.6 Å². The first-order valence-corrected chi connectivity index (χ1v) is 15.9. The third-order valence-corrected chi connectivity index (χ3v) is 9.99. The van der Waals surface area contributed by atoms with E-state index in [-0.39, 0.29) is 27.9 Å². The summed E-state index contributed by atoms with van der Waals surface area (Å²) in [7, 11) is -3.88. The van der Waals surface area contributed by atoms with E-state index < -0.39 is 64.0 Å². The molecule has 2 aliphatic rings. The molecule has 1 fully saturated rings. The van der Waals surface area contributed by atoms with Crippen molar-refractivity contribution < 1.29 is 42.2 Å². The minimum atomic E-state index is -3.88. The van der Waals surface area contributed by atoms with E-state index >= 15 is 0 Å². The normalized spacial score (nSPS) is 19.5. The number of ether oxygens (including phenoxy) is 2. The van der Waals surface area contributed by atoms with Crippen molar-refractivity contribution in [3.05, 3.63) is 62.6 Å². The second-order valence-corrected chi connectivity index (χ2v) is 13.2. The average Bonchev–Trinajstić information content (AvgIpc) is 3.42.